The van der Waals surface area contributed by atoms with E-state index in [2.05, 4.69) is 10.4 Å². The summed E-state index contributed by atoms with van der Waals surface area (Å²) < 4.78 is 20.8. The van der Waals surface area contributed by atoms with E-state index in [0.29, 0.717) is 5.76 Å². The zero-order valence-electron chi connectivity index (χ0n) is 14.2. The molecule has 1 unspecified atom stereocenters. The average Bonchev–Trinajstić information content (AvgIpc) is 3.39. The molecule has 2 aromatic heterocycles. The molecular weight excluding hydrogens is 345 g/mol. The van der Waals surface area contributed by atoms with Crippen LogP contribution in [0.2, 0.25) is 0 Å². The Kier molecular flexibility index (Phi) is 4.53. The molecule has 0 bridgehead atoms. The molecule has 5 nitrogen and oxygen atoms in total. The van der Waals surface area contributed by atoms with E-state index in [-0.39, 0.29) is 17.3 Å². The van der Waals surface area contributed by atoms with Gasteiger partial charge in [-0.15, -0.1) is 0 Å². The van der Waals surface area contributed by atoms with Crippen molar-refractivity contribution >= 4 is 5.91 Å². The number of rotatable bonds is 5. The summed E-state index contributed by atoms with van der Waals surface area (Å²) in [6, 6.07) is 20.4. The number of nitrogens with one attached hydrogen (secondary N) is 1. The fourth-order valence-electron chi connectivity index (χ4n) is 2.84. The topological polar surface area (TPSA) is 60.1 Å². The number of para-hydroxylation sites is 1. The van der Waals surface area contributed by atoms with Gasteiger partial charge in [-0.2, -0.15) is 5.10 Å². The van der Waals surface area contributed by atoms with Crippen molar-refractivity contribution in [2.45, 2.75) is 6.04 Å². The predicted molar refractivity (Wildman–Crippen MR) is 98.0 cm³/mol. The molecule has 1 amide bonds. The number of hydrogen-bond acceptors (Lipinski definition) is 3. The molecule has 0 spiro atoms. The summed E-state index contributed by atoms with van der Waals surface area (Å²) in [5.41, 5.74) is 1.35. The van der Waals surface area contributed by atoms with Gasteiger partial charge in [0.05, 0.1) is 6.26 Å². The molecule has 0 saturated carbocycles. The van der Waals surface area contributed by atoms with Crippen LogP contribution in [-0.4, -0.2) is 15.7 Å². The third kappa shape index (κ3) is 3.50. The number of hydrogen-bond donors (Lipinski definition) is 1. The van der Waals surface area contributed by atoms with Gasteiger partial charge >= 0.3 is 0 Å². The van der Waals surface area contributed by atoms with Crippen LogP contribution >= 0.6 is 0 Å². The number of aromatic nitrogens is 2. The summed E-state index contributed by atoms with van der Waals surface area (Å²) in [5.74, 6) is -0.177. The maximum atomic E-state index is 13.9. The molecule has 134 valence electrons. The summed E-state index contributed by atoms with van der Waals surface area (Å²) >= 11 is 0. The van der Waals surface area contributed by atoms with Crippen molar-refractivity contribution in [2.75, 3.05) is 0 Å². The fourth-order valence-corrected chi connectivity index (χ4v) is 2.84. The molecule has 1 atom stereocenters. The van der Waals surface area contributed by atoms with Crippen molar-refractivity contribution in [1.29, 1.82) is 0 Å². The highest BCUT2D eigenvalue weighted by Gasteiger charge is 2.21. The number of carbonyl (C=O) groups is 1. The fraction of sp³-hybridized carbons (Fsp3) is 0.0476. The van der Waals surface area contributed by atoms with Crippen LogP contribution < -0.4 is 5.32 Å². The summed E-state index contributed by atoms with van der Waals surface area (Å²) in [5, 5.41) is 7.13. The highest BCUT2D eigenvalue weighted by atomic mass is 19.1. The monoisotopic (exact) mass is 361 g/mol. The molecule has 6 heteroatoms. The Balaban J connectivity index is 1.60. The standard InChI is InChI=1S/C21H16FN3O2/c22-16-9-4-5-10-18(16)25-13-12-17(24-25)21(26)23-20(19-11-6-14-27-19)15-7-2-1-3-8-15/h1-14,20H,(H,23,26). The van der Waals surface area contributed by atoms with Crippen molar-refractivity contribution in [1.82, 2.24) is 15.1 Å². The van der Waals surface area contributed by atoms with E-state index in [4.69, 9.17) is 4.42 Å². The van der Waals surface area contributed by atoms with Gasteiger partial charge in [0.2, 0.25) is 0 Å². The number of benzene rings is 2. The van der Waals surface area contributed by atoms with Crippen LogP contribution in [0.4, 0.5) is 4.39 Å². The second kappa shape index (κ2) is 7.29. The number of halogens is 1. The molecule has 1 N–H and O–H groups in total. The first-order chi connectivity index (χ1) is 13.2. The van der Waals surface area contributed by atoms with Crippen LogP contribution in [0.3, 0.4) is 0 Å². The van der Waals surface area contributed by atoms with Gasteiger partial charge in [-0.1, -0.05) is 42.5 Å². The third-order valence-electron chi connectivity index (χ3n) is 4.16. The van der Waals surface area contributed by atoms with E-state index >= 15 is 0 Å². The first-order valence-electron chi connectivity index (χ1n) is 8.42. The van der Waals surface area contributed by atoms with Gasteiger partial charge in [-0.25, -0.2) is 9.07 Å². The van der Waals surface area contributed by atoms with Crippen molar-refractivity contribution in [3.8, 4) is 5.69 Å². The van der Waals surface area contributed by atoms with Crippen LogP contribution in [0.25, 0.3) is 5.69 Å². The SMILES string of the molecule is O=C(NC(c1ccccc1)c1ccco1)c1ccn(-c2ccccc2F)n1. The third-order valence-corrected chi connectivity index (χ3v) is 4.16. The zero-order valence-corrected chi connectivity index (χ0v) is 14.2. The maximum absolute atomic E-state index is 13.9. The van der Waals surface area contributed by atoms with Crippen LogP contribution in [0.15, 0.2) is 89.7 Å². The van der Waals surface area contributed by atoms with Crippen LogP contribution in [0.1, 0.15) is 27.9 Å². The lowest BCUT2D eigenvalue weighted by Crippen LogP contribution is -2.29. The largest absolute Gasteiger partial charge is 0.467 e. The normalized spacial score (nSPS) is 11.9. The Hall–Kier alpha value is -3.67. The molecule has 2 heterocycles. The highest BCUT2D eigenvalue weighted by molar-refractivity contribution is 5.92. The van der Waals surface area contributed by atoms with Gasteiger partial charge in [0.25, 0.3) is 5.91 Å². The first-order valence-corrected chi connectivity index (χ1v) is 8.42. The minimum absolute atomic E-state index is 0.186. The minimum Gasteiger partial charge on any atom is -0.467 e. The Morgan fingerprint density at radius 3 is 2.52 bits per heavy atom. The molecule has 0 saturated heterocycles. The quantitative estimate of drug-likeness (QED) is 0.582. The molecule has 27 heavy (non-hydrogen) atoms. The lowest BCUT2D eigenvalue weighted by atomic mass is 10.0. The van der Waals surface area contributed by atoms with Crippen LogP contribution in [0.5, 0.6) is 0 Å². The maximum Gasteiger partial charge on any atom is 0.272 e. The van der Waals surface area contributed by atoms with Crippen LogP contribution in [0, 0.1) is 5.82 Å². The zero-order chi connectivity index (χ0) is 18.6. The van der Waals surface area contributed by atoms with E-state index < -0.39 is 11.9 Å². The van der Waals surface area contributed by atoms with Gasteiger partial charge in [0.1, 0.15) is 23.3 Å². The second-order valence-electron chi connectivity index (χ2n) is 5.93. The minimum atomic E-state index is -0.452. The van der Waals surface area contributed by atoms with E-state index in [1.807, 2.05) is 30.3 Å². The Labute approximate surface area is 155 Å². The lowest BCUT2D eigenvalue weighted by Gasteiger charge is -2.16. The van der Waals surface area contributed by atoms with Gasteiger partial charge in [-0.05, 0) is 35.9 Å². The van der Waals surface area contributed by atoms with Crippen LogP contribution in [-0.2, 0) is 0 Å². The molecule has 0 aliphatic rings. The smallest absolute Gasteiger partial charge is 0.272 e. The van der Waals surface area contributed by atoms with Crippen molar-refractivity contribution in [3.63, 3.8) is 0 Å². The second-order valence-corrected chi connectivity index (χ2v) is 5.93. The van der Waals surface area contributed by atoms with Gasteiger partial charge in [0.15, 0.2) is 5.69 Å². The summed E-state index contributed by atoms with van der Waals surface area (Å²) in [7, 11) is 0. The molecule has 4 rings (SSSR count). The van der Waals surface area contributed by atoms with E-state index in [1.54, 1.807) is 48.9 Å². The molecule has 0 fully saturated rings. The Morgan fingerprint density at radius 1 is 1.00 bits per heavy atom. The first kappa shape index (κ1) is 16.8. The summed E-state index contributed by atoms with van der Waals surface area (Å²) in [4.78, 5) is 12.7. The van der Waals surface area contributed by atoms with Crippen molar-refractivity contribution in [2.24, 2.45) is 0 Å². The molecule has 0 radical (unpaired) electrons. The lowest BCUT2D eigenvalue weighted by molar-refractivity contribution is 0.0933. The van der Waals surface area contributed by atoms with E-state index in [1.165, 1.54) is 10.7 Å². The summed E-state index contributed by atoms with van der Waals surface area (Å²) in [6.45, 7) is 0. The average molecular weight is 361 g/mol. The molecule has 4 aromatic rings. The number of nitrogens with zero attached hydrogens (tertiary/aromatic N) is 2. The highest BCUT2D eigenvalue weighted by Crippen LogP contribution is 2.23. The Bertz CT molecular complexity index is 1040. The summed E-state index contributed by atoms with van der Waals surface area (Å²) in [6.07, 6.45) is 3.11. The number of carbonyl (C=O) groups excluding carboxylic acids is 1. The van der Waals surface area contributed by atoms with E-state index in [9.17, 15) is 9.18 Å². The van der Waals surface area contributed by atoms with Gasteiger partial charge in [-0.3, -0.25) is 4.79 Å². The van der Waals surface area contributed by atoms with Gasteiger partial charge in [0, 0.05) is 6.20 Å². The van der Waals surface area contributed by atoms with Crippen molar-refractivity contribution < 1.29 is 13.6 Å². The predicted octanol–water partition coefficient (Wildman–Crippen LogP) is 4.12. The van der Waals surface area contributed by atoms with Crippen molar-refractivity contribution in [3.05, 3.63) is 108 Å². The number of amides is 1. The van der Waals surface area contributed by atoms with Gasteiger partial charge < -0.3 is 9.73 Å². The van der Waals surface area contributed by atoms with E-state index in [0.717, 1.165) is 5.56 Å². The Morgan fingerprint density at radius 2 is 1.78 bits per heavy atom. The molecule has 0 aliphatic carbocycles. The molecule has 2 aromatic carbocycles. The molecular formula is C21H16FN3O2. The molecule has 0 aliphatic heterocycles. The number of furan rings is 1.